The van der Waals surface area contributed by atoms with E-state index >= 15 is 0 Å². The van der Waals surface area contributed by atoms with Crippen molar-refractivity contribution in [1.82, 2.24) is 0 Å². The number of hydrogen-bond acceptors (Lipinski definition) is 1. The van der Waals surface area contributed by atoms with Gasteiger partial charge in [0.2, 0.25) is 5.78 Å². The zero-order valence-corrected chi connectivity index (χ0v) is 12.3. The molecule has 0 aliphatic rings. The molecule has 0 heterocycles. The zero-order chi connectivity index (χ0) is 14.7. The first kappa shape index (κ1) is 18.6. The average Bonchev–Trinajstić information content (AvgIpc) is 2.44. The highest BCUT2D eigenvalue weighted by Gasteiger charge is 2.08. The molecule has 0 fully saturated rings. The predicted octanol–water partition coefficient (Wildman–Crippen LogP) is 4.51. The predicted molar refractivity (Wildman–Crippen MR) is 81.1 cm³/mol. The quantitative estimate of drug-likeness (QED) is 0.324. The number of hydrogen-bond donors (Lipinski definition) is 0. The van der Waals surface area contributed by atoms with Crippen LogP contribution in [-0.2, 0) is 6.42 Å². The second-order valence-electron chi connectivity index (χ2n) is 3.42. The first-order chi connectivity index (χ1) is 8.60. The Hall–Kier alpha value is -1.81. The molecule has 0 aromatic heterocycles. The first-order valence-electron chi connectivity index (χ1n) is 6.21. The normalized spacial score (nSPS) is 8.00. The van der Waals surface area contributed by atoms with Crippen LogP contribution in [0.25, 0.3) is 0 Å². The maximum atomic E-state index is 11.3. The van der Waals surface area contributed by atoms with Crippen LogP contribution < -0.4 is 0 Å². The van der Waals surface area contributed by atoms with Gasteiger partial charge in [-0.3, -0.25) is 4.79 Å². The molecule has 1 heteroatoms. The van der Waals surface area contributed by atoms with E-state index in [0.29, 0.717) is 5.56 Å². The van der Waals surface area contributed by atoms with E-state index in [4.69, 9.17) is 6.42 Å². The van der Waals surface area contributed by atoms with Crippen LogP contribution >= 0.6 is 0 Å². The van der Waals surface area contributed by atoms with Crippen molar-refractivity contribution in [3.05, 3.63) is 47.5 Å². The summed E-state index contributed by atoms with van der Waals surface area (Å²) >= 11 is 0. The molecule has 0 radical (unpaired) electrons. The summed E-state index contributed by atoms with van der Waals surface area (Å²) in [4.78, 5) is 11.3. The molecule has 0 amide bonds. The summed E-state index contributed by atoms with van der Waals surface area (Å²) in [5.41, 5.74) is 4.03. The molecule has 0 saturated heterocycles. The fourth-order valence-corrected chi connectivity index (χ4v) is 1.58. The lowest BCUT2D eigenvalue weighted by molar-refractivity contribution is 0.105. The fraction of sp³-hybridized carbons (Fsp3) is 0.353. The fourth-order valence-electron chi connectivity index (χ4n) is 1.58. The zero-order valence-electron chi connectivity index (χ0n) is 12.3. The Kier molecular flexibility index (Phi) is 10.7. The summed E-state index contributed by atoms with van der Waals surface area (Å²) in [6, 6.07) is 3.93. The van der Waals surface area contributed by atoms with Crippen LogP contribution in [0.1, 0.15) is 47.8 Å². The van der Waals surface area contributed by atoms with Gasteiger partial charge >= 0.3 is 0 Å². The number of rotatable bonds is 2. The molecule has 1 aromatic carbocycles. The largest absolute Gasteiger partial charge is 0.279 e. The molecule has 0 unspecified atom stereocenters. The molecule has 0 aliphatic heterocycles. The van der Waals surface area contributed by atoms with Crippen molar-refractivity contribution in [2.75, 3.05) is 0 Å². The van der Waals surface area contributed by atoms with E-state index in [2.05, 4.69) is 26.0 Å². The number of Topliss-reactive ketones (excluding diaryl/α,β-unsaturated/α-hetero) is 1. The maximum Gasteiger partial charge on any atom is 0.235 e. The van der Waals surface area contributed by atoms with Gasteiger partial charge in [-0.25, -0.2) is 0 Å². The first-order valence-corrected chi connectivity index (χ1v) is 6.21. The third kappa shape index (κ3) is 5.01. The Balaban J connectivity index is 0. The number of benzene rings is 1. The summed E-state index contributed by atoms with van der Waals surface area (Å²) in [7, 11) is 0. The van der Waals surface area contributed by atoms with Gasteiger partial charge in [-0.15, -0.1) is 19.6 Å². The van der Waals surface area contributed by atoms with Crippen LogP contribution in [0.4, 0.5) is 0 Å². The van der Waals surface area contributed by atoms with Gasteiger partial charge in [-0.2, -0.15) is 0 Å². The van der Waals surface area contributed by atoms with Crippen LogP contribution in [0.15, 0.2) is 25.3 Å². The van der Waals surface area contributed by atoms with Crippen molar-refractivity contribution in [2.45, 2.75) is 41.0 Å². The number of aryl methyl sites for hydroxylation is 3. The topological polar surface area (TPSA) is 17.1 Å². The summed E-state index contributed by atoms with van der Waals surface area (Å²) in [5, 5.41) is 0. The molecule has 0 saturated carbocycles. The molecule has 0 atom stereocenters. The highest BCUT2D eigenvalue weighted by atomic mass is 16.1. The smallest absolute Gasteiger partial charge is 0.235 e. The van der Waals surface area contributed by atoms with Gasteiger partial charge in [0, 0.05) is 5.56 Å². The van der Waals surface area contributed by atoms with E-state index < -0.39 is 0 Å². The SMILES string of the molecule is C#CC(=O)c1cc(C)c(CC)cc1C.C=C.CC. The Bertz CT molecular complexity index is 422. The van der Waals surface area contributed by atoms with Gasteiger partial charge in [-0.1, -0.05) is 26.8 Å². The molecular formula is C17H24O. The Morgan fingerprint density at radius 3 is 2.11 bits per heavy atom. The Morgan fingerprint density at radius 2 is 1.72 bits per heavy atom. The van der Waals surface area contributed by atoms with Crippen LogP contribution in [0.5, 0.6) is 0 Å². The Morgan fingerprint density at radius 1 is 1.22 bits per heavy atom. The van der Waals surface area contributed by atoms with E-state index in [9.17, 15) is 4.79 Å². The van der Waals surface area contributed by atoms with Crippen LogP contribution in [0.3, 0.4) is 0 Å². The molecule has 0 aliphatic carbocycles. The van der Waals surface area contributed by atoms with Crippen LogP contribution in [-0.4, -0.2) is 5.78 Å². The van der Waals surface area contributed by atoms with Gasteiger partial charge in [0.25, 0.3) is 0 Å². The van der Waals surface area contributed by atoms with E-state index in [1.54, 1.807) is 0 Å². The minimum absolute atomic E-state index is 0.228. The highest BCUT2D eigenvalue weighted by Crippen LogP contribution is 2.16. The molecule has 1 rings (SSSR count). The molecule has 0 bridgehead atoms. The lowest BCUT2D eigenvalue weighted by Gasteiger charge is -2.07. The lowest BCUT2D eigenvalue weighted by Crippen LogP contribution is -2.01. The van der Waals surface area contributed by atoms with Crippen molar-refractivity contribution in [3.8, 4) is 12.3 Å². The van der Waals surface area contributed by atoms with Crippen LogP contribution in [0, 0.1) is 26.2 Å². The summed E-state index contributed by atoms with van der Waals surface area (Å²) in [6.07, 6.45) is 6.08. The van der Waals surface area contributed by atoms with E-state index in [1.807, 2.05) is 39.8 Å². The average molecular weight is 244 g/mol. The maximum absolute atomic E-state index is 11.3. The number of ketones is 1. The highest BCUT2D eigenvalue weighted by molar-refractivity contribution is 6.09. The summed E-state index contributed by atoms with van der Waals surface area (Å²) in [6.45, 7) is 16.0. The number of carbonyl (C=O) groups is 1. The molecule has 0 N–H and O–H groups in total. The molecule has 1 aromatic rings. The second-order valence-corrected chi connectivity index (χ2v) is 3.42. The van der Waals surface area contributed by atoms with E-state index in [1.165, 1.54) is 5.56 Å². The summed E-state index contributed by atoms with van der Waals surface area (Å²) < 4.78 is 0. The molecular weight excluding hydrogens is 220 g/mol. The second kappa shape index (κ2) is 10.4. The number of terminal acetylenes is 1. The standard InChI is InChI=1S/C13H14O.C2H6.C2H4/c1-5-11-7-10(4)12(8-9(11)3)13(14)6-2;2*1-2/h2,7-8H,5H2,1,3-4H3;1-2H3;1-2H2. The molecule has 0 spiro atoms. The van der Waals surface area contributed by atoms with Crippen LogP contribution in [0.2, 0.25) is 0 Å². The monoisotopic (exact) mass is 244 g/mol. The molecule has 1 nitrogen and oxygen atoms in total. The lowest BCUT2D eigenvalue weighted by atomic mass is 9.96. The van der Waals surface area contributed by atoms with Gasteiger partial charge in [0.1, 0.15) is 0 Å². The minimum Gasteiger partial charge on any atom is -0.279 e. The molecule has 18 heavy (non-hydrogen) atoms. The summed E-state index contributed by atoms with van der Waals surface area (Å²) in [5.74, 6) is 1.92. The van der Waals surface area contributed by atoms with Crippen molar-refractivity contribution < 1.29 is 4.79 Å². The van der Waals surface area contributed by atoms with Gasteiger partial charge in [0.05, 0.1) is 0 Å². The Labute approximate surface area is 112 Å². The van der Waals surface area contributed by atoms with E-state index in [-0.39, 0.29) is 5.78 Å². The minimum atomic E-state index is -0.228. The third-order valence-corrected chi connectivity index (χ3v) is 2.44. The van der Waals surface area contributed by atoms with Crippen molar-refractivity contribution in [3.63, 3.8) is 0 Å². The van der Waals surface area contributed by atoms with Gasteiger partial charge < -0.3 is 0 Å². The van der Waals surface area contributed by atoms with Crippen molar-refractivity contribution >= 4 is 5.78 Å². The molecule has 98 valence electrons. The van der Waals surface area contributed by atoms with Gasteiger partial charge in [-0.05, 0) is 48.9 Å². The van der Waals surface area contributed by atoms with E-state index in [0.717, 1.165) is 17.5 Å². The number of carbonyl (C=O) groups excluding carboxylic acids is 1. The van der Waals surface area contributed by atoms with Crippen molar-refractivity contribution in [1.29, 1.82) is 0 Å². The third-order valence-electron chi connectivity index (χ3n) is 2.44. The van der Waals surface area contributed by atoms with Gasteiger partial charge in [0.15, 0.2) is 0 Å². The van der Waals surface area contributed by atoms with Crippen molar-refractivity contribution in [2.24, 2.45) is 0 Å².